The largest absolute Gasteiger partial charge is 0.305 e. The predicted octanol–water partition coefficient (Wildman–Crippen LogP) is 4.34. The lowest BCUT2D eigenvalue weighted by molar-refractivity contribution is -0.384. The van der Waals surface area contributed by atoms with E-state index in [2.05, 4.69) is 15.9 Å². The summed E-state index contributed by atoms with van der Waals surface area (Å²) in [6.07, 6.45) is 1.82. The number of amides is 1. The fourth-order valence-electron chi connectivity index (χ4n) is 2.89. The lowest BCUT2D eigenvalue weighted by Gasteiger charge is -2.35. The van der Waals surface area contributed by atoms with Crippen molar-refractivity contribution in [2.45, 2.75) is 25.8 Å². The molecule has 1 aliphatic rings. The van der Waals surface area contributed by atoms with Crippen molar-refractivity contribution < 1.29 is 9.72 Å². The third kappa shape index (κ3) is 2.99. The first-order valence-corrected chi connectivity index (χ1v) is 8.13. The minimum Gasteiger partial charge on any atom is -0.305 e. The molecule has 0 N–H and O–H groups in total. The molecule has 0 radical (unpaired) electrons. The molecule has 6 heteroatoms. The number of fused-ring (bicyclic) bond motifs is 1. The standard InChI is InChI=1S/C17H15BrN2O3/c1-11-2-3-13-10-14(18)6-9-16(13)19(11)17(21)12-4-7-15(8-5-12)20(22)23/h4-11H,2-3H2,1H3/t11-/m1/s1. The highest BCUT2D eigenvalue weighted by Gasteiger charge is 2.29. The predicted molar refractivity (Wildman–Crippen MR) is 91.8 cm³/mol. The van der Waals surface area contributed by atoms with Gasteiger partial charge in [0.25, 0.3) is 11.6 Å². The van der Waals surface area contributed by atoms with E-state index in [9.17, 15) is 14.9 Å². The molecule has 3 rings (SSSR count). The number of hydrogen-bond donors (Lipinski definition) is 0. The van der Waals surface area contributed by atoms with Gasteiger partial charge in [-0.1, -0.05) is 15.9 Å². The summed E-state index contributed by atoms with van der Waals surface area (Å²) in [7, 11) is 0. The molecule has 0 aliphatic carbocycles. The van der Waals surface area contributed by atoms with Gasteiger partial charge < -0.3 is 4.90 Å². The summed E-state index contributed by atoms with van der Waals surface area (Å²) in [6.45, 7) is 2.02. The summed E-state index contributed by atoms with van der Waals surface area (Å²) in [5.74, 6) is -0.129. The van der Waals surface area contributed by atoms with Crippen molar-refractivity contribution in [3.05, 3.63) is 68.2 Å². The molecule has 2 aromatic carbocycles. The van der Waals surface area contributed by atoms with Crippen LogP contribution in [0.5, 0.6) is 0 Å². The van der Waals surface area contributed by atoms with Gasteiger partial charge in [0.05, 0.1) is 4.92 Å². The number of non-ortho nitro benzene ring substituents is 1. The zero-order chi connectivity index (χ0) is 16.6. The molecule has 0 spiro atoms. The zero-order valence-electron chi connectivity index (χ0n) is 12.5. The number of nitro groups is 1. The van der Waals surface area contributed by atoms with E-state index in [4.69, 9.17) is 0 Å². The highest BCUT2D eigenvalue weighted by molar-refractivity contribution is 9.10. The maximum atomic E-state index is 12.9. The Bertz CT molecular complexity index is 774. The van der Waals surface area contributed by atoms with E-state index in [0.29, 0.717) is 5.56 Å². The third-order valence-electron chi connectivity index (χ3n) is 4.12. The van der Waals surface area contributed by atoms with Crippen LogP contribution in [-0.2, 0) is 6.42 Å². The number of nitrogens with zero attached hydrogens (tertiary/aromatic N) is 2. The van der Waals surface area contributed by atoms with Gasteiger partial charge in [-0.05, 0) is 55.7 Å². The van der Waals surface area contributed by atoms with Gasteiger partial charge in [0.2, 0.25) is 0 Å². The molecule has 1 heterocycles. The highest BCUT2D eigenvalue weighted by Crippen LogP contribution is 2.34. The molecule has 1 atom stereocenters. The smallest absolute Gasteiger partial charge is 0.269 e. The molecule has 0 saturated carbocycles. The second-order valence-corrected chi connectivity index (χ2v) is 6.56. The molecule has 0 bridgehead atoms. The second-order valence-electron chi connectivity index (χ2n) is 5.64. The summed E-state index contributed by atoms with van der Waals surface area (Å²) in [4.78, 5) is 24.9. The number of anilines is 1. The van der Waals surface area contributed by atoms with Gasteiger partial charge in [-0.2, -0.15) is 0 Å². The van der Waals surface area contributed by atoms with Crippen molar-refractivity contribution in [3.63, 3.8) is 0 Å². The third-order valence-corrected chi connectivity index (χ3v) is 4.61. The lowest BCUT2D eigenvalue weighted by Crippen LogP contribution is -2.42. The maximum absolute atomic E-state index is 12.9. The SMILES string of the molecule is C[C@@H]1CCc2cc(Br)ccc2N1C(=O)c1ccc([N+](=O)[O-])cc1. The topological polar surface area (TPSA) is 63.5 Å². The van der Waals surface area contributed by atoms with Crippen LogP contribution in [0.1, 0.15) is 29.3 Å². The minimum atomic E-state index is -0.468. The Balaban J connectivity index is 1.97. The average Bonchev–Trinajstić information content (AvgIpc) is 2.54. The van der Waals surface area contributed by atoms with Gasteiger partial charge in [-0.3, -0.25) is 14.9 Å². The van der Waals surface area contributed by atoms with Crippen LogP contribution in [0.15, 0.2) is 46.9 Å². The second kappa shape index (κ2) is 6.12. The molecule has 0 fully saturated rings. The molecule has 118 valence electrons. The summed E-state index contributed by atoms with van der Waals surface area (Å²) in [5.41, 5.74) is 2.49. The molecule has 0 saturated heterocycles. The molecular weight excluding hydrogens is 360 g/mol. The summed E-state index contributed by atoms with van der Waals surface area (Å²) in [6, 6.07) is 11.8. The van der Waals surface area contributed by atoms with Crippen molar-refractivity contribution in [1.29, 1.82) is 0 Å². The minimum absolute atomic E-state index is 0.0161. The Morgan fingerprint density at radius 2 is 1.96 bits per heavy atom. The number of carbonyl (C=O) groups is 1. The van der Waals surface area contributed by atoms with Crippen LogP contribution in [-0.4, -0.2) is 16.9 Å². The number of benzene rings is 2. The van der Waals surface area contributed by atoms with Gasteiger partial charge >= 0.3 is 0 Å². The Morgan fingerprint density at radius 3 is 2.61 bits per heavy atom. The highest BCUT2D eigenvalue weighted by atomic mass is 79.9. The number of hydrogen-bond acceptors (Lipinski definition) is 3. The Labute approximate surface area is 142 Å². The number of aryl methyl sites for hydroxylation is 1. The number of nitro benzene ring substituents is 1. The summed E-state index contributed by atoms with van der Waals surface area (Å²) >= 11 is 3.46. The Hall–Kier alpha value is -2.21. The van der Waals surface area contributed by atoms with E-state index in [-0.39, 0.29) is 17.6 Å². The molecule has 0 aromatic heterocycles. The Kier molecular flexibility index (Phi) is 4.17. The molecule has 2 aromatic rings. The first kappa shape index (κ1) is 15.7. The number of rotatable bonds is 2. The van der Waals surface area contributed by atoms with Gasteiger partial charge in [0, 0.05) is 33.9 Å². The van der Waals surface area contributed by atoms with Crippen LogP contribution in [0.25, 0.3) is 0 Å². The molecular formula is C17H15BrN2O3. The van der Waals surface area contributed by atoms with E-state index in [0.717, 1.165) is 28.6 Å². The van der Waals surface area contributed by atoms with E-state index >= 15 is 0 Å². The summed E-state index contributed by atoms with van der Waals surface area (Å²) in [5, 5.41) is 10.7. The molecule has 23 heavy (non-hydrogen) atoms. The van der Waals surface area contributed by atoms with E-state index in [1.165, 1.54) is 24.3 Å². The van der Waals surface area contributed by atoms with Gasteiger partial charge in [-0.15, -0.1) is 0 Å². The monoisotopic (exact) mass is 374 g/mol. The van der Waals surface area contributed by atoms with Crippen LogP contribution in [0.2, 0.25) is 0 Å². The first-order chi connectivity index (χ1) is 11.0. The molecule has 1 aliphatic heterocycles. The maximum Gasteiger partial charge on any atom is 0.269 e. The van der Waals surface area contributed by atoms with Crippen LogP contribution in [0.4, 0.5) is 11.4 Å². The van der Waals surface area contributed by atoms with Gasteiger partial charge in [0.1, 0.15) is 0 Å². The Morgan fingerprint density at radius 1 is 1.26 bits per heavy atom. The van der Waals surface area contributed by atoms with Crippen LogP contribution >= 0.6 is 15.9 Å². The number of carbonyl (C=O) groups excluding carboxylic acids is 1. The first-order valence-electron chi connectivity index (χ1n) is 7.34. The van der Waals surface area contributed by atoms with Crippen LogP contribution in [0.3, 0.4) is 0 Å². The van der Waals surface area contributed by atoms with Crippen molar-refractivity contribution in [1.82, 2.24) is 0 Å². The van der Waals surface area contributed by atoms with E-state index < -0.39 is 4.92 Å². The van der Waals surface area contributed by atoms with Crippen LogP contribution < -0.4 is 4.90 Å². The fourth-order valence-corrected chi connectivity index (χ4v) is 3.30. The quantitative estimate of drug-likeness (QED) is 0.580. The molecule has 1 amide bonds. The van der Waals surface area contributed by atoms with Crippen molar-refractivity contribution in [3.8, 4) is 0 Å². The van der Waals surface area contributed by atoms with Crippen molar-refractivity contribution in [2.24, 2.45) is 0 Å². The van der Waals surface area contributed by atoms with Crippen molar-refractivity contribution >= 4 is 33.2 Å². The number of halogens is 1. The molecule has 0 unspecified atom stereocenters. The lowest BCUT2D eigenvalue weighted by atomic mass is 9.95. The van der Waals surface area contributed by atoms with E-state index in [1.807, 2.05) is 25.1 Å². The average molecular weight is 375 g/mol. The van der Waals surface area contributed by atoms with Crippen LogP contribution in [0, 0.1) is 10.1 Å². The van der Waals surface area contributed by atoms with Gasteiger partial charge in [-0.25, -0.2) is 0 Å². The normalized spacial score (nSPS) is 16.8. The molecule has 5 nitrogen and oxygen atoms in total. The van der Waals surface area contributed by atoms with E-state index in [1.54, 1.807) is 4.90 Å². The summed E-state index contributed by atoms with van der Waals surface area (Å²) < 4.78 is 0.994. The van der Waals surface area contributed by atoms with Crippen molar-refractivity contribution in [2.75, 3.05) is 4.90 Å². The zero-order valence-corrected chi connectivity index (χ0v) is 14.1. The fraction of sp³-hybridized carbons (Fsp3) is 0.235. The van der Waals surface area contributed by atoms with Gasteiger partial charge in [0.15, 0.2) is 0 Å².